The van der Waals surface area contributed by atoms with Crippen molar-refractivity contribution < 1.29 is 19.3 Å². The summed E-state index contributed by atoms with van der Waals surface area (Å²) < 4.78 is 17.7. The van der Waals surface area contributed by atoms with Crippen LogP contribution in [0.3, 0.4) is 0 Å². The van der Waals surface area contributed by atoms with Gasteiger partial charge in [-0.05, 0) is 12.1 Å². The van der Waals surface area contributed by atoms with E-state index < -0.39 is 12.4 Å². The maximum atomic E-state index is 13.1. The van der Waals surface area contributed by atoms with Crippen LogP contribution in [0.1, 0.15) is 5.56 Å². The predicted octanol–water partition coefficient (Wildman–Crippen LogP) is 1.03. The molecule has 0 amide bonds. The van der Waals surface area contributed by atoms with Gasteiger partial charge in [-0.15, -0.1) is 0 Å². The first kappa shape index (κ1) is 8.80. The predicted molar refractivity (Wildman–Crippen MR) is 40.5 cm³/mol. The fourth-order valence-corrected chi connectivity index (χ4v) is 0.898. The summed E-state index contributed by atoms with van der Waals surface area (Å²) in [5, 5.41) is 17.7. The van der Waals surface area contributed by atoms with E-state index >= 15 is 0 Å². The number of rotatable bonds is 2. The molecule has 0 atom stereocenters. The molecule has 0 aliphatic carbocycles. The highest BCUT2D eigenvalue weighted by atomic mass is 19.1. The topological polar surface area (TPSA) is 49.7 Å². The van der Waals surface area contributed by atoms with Crippen molar-refractivity contribution in [3.8, 4) is 11.5 Å². The van der Waals surface area contributed by atoms with Crippen LogP contribution in [0.25, 0.3) is 0 Å². The number of aliphatic hydroxyl groups is 1. The lowest BCUT2D eigenvalue weighted by Gasteiger charge is -2.06. The maximum Gasteiger partial charge on any atom is 0.174 e. The van der Waals surface area contributed by atoms with Crippen molar-refractivity contribution in [2.45, 2.75) is 6.61 Å². The first-order chi connectivity index (χ1) is 5.70. The van der Waals surface area contributed by atoms with Gasteiger partial charge in [0.15, 0.2) is 11.6 Å². The Balaban J connectivity index is 3.24. The van der Waals surface area contributed by atoms with Gasteiger partial charge >= 0.3 is 0 Å². The van der Waals surface area contributed by atoms with E-state index in [1.807, 2.05) is 0 Å². The van der Waals surface area contributed by atoms with Crippen LogP contribution < -0.4 is 4.74 Å². The molecule has 0 saturated carbocycles. The minimum atomic E-state index is -0.722. The highest BCUT2D eigenvalue weighted by Crippen LogP contribution is 2.27. The normalized spacial score (nSPS) is 9.92. The highest BCUT2D eigenvalue weighted by molar-refractivity contribution is 5.40. The van der Waals surface area contributed by atoms with E-state index in [1.54, 1.807) is 0 Å². The minimum Gasteiger partial charge on any atom is -0.507 e. The van der Waals surface area contributed by atoms with E-state index in [4.69, 9.17) is 10.2 Å². The smallest absolute Gasteiger partial charge is 0.174 e. The van der Waals surface area contributed by atoms with Gasteiger partial charge in [-0.25, -0.2) is 4.39 Å². The quantitative estimate of drug-likeness (QED) is 0.700. The summed E-state index contributed by atoms with van der Waals surface area (Å²) in [6, 6.07) is 2.57. The molecule has 1 aromatic rings. The lowest BCUT2D eigenvalue weighted by atomic mass is 10.2. The molecule has 0 aromatic heterocycles. The summed E-state index contributed by atoms with van der Waals surface area (Å²) in [5.41, 5.74) is -0.144. The number of methoxy groups -OCH3 is 1. The molecule has 2 N–H and O–H groups in total. The van der Waals surface area contributed by atoms with Crippen LogP contribution in [0.5, 0.6) is 11.5 Å². The van der Waals surface area contributed by atoms with Gasteiger partial charge in [0.2, 0.25) is 0 Å². The number of halogens is 1. The molecule has 0 saturated heterocycles. The molecule has 0 heterocycles. The van der Waals surface area contributed by atoms with Crippen molar-refractivity contribution >= 4 is 0 Å². The third-order valence-electron chi connectivity index (χ3n) is 1.56. The van der Waals surface area contributed by atoms with Crippen molar-refractivity contribution in [1.29, 1.82) is 0 Å². The van der Waals surface area contributed by atoms with Crippen molar-refractivity contribution in [1.82, 2.24) is 0 Å². The number of ether oxygens (including phenoxy) is 1. The van der Waals surface area contributed by atoms with Crippen molar-refractivity contribution in [2.75, 3.05) is 7.11 Å². The van der Waals surface area contributed by atoms with Gasteiger partial charge < -0.3 is 14.9 Å². The number of aromatic hydroxyl groups is 1. The molecule has 66 valence electrons. The van der Waals surface area contributed by atoms with Gasteiger partial charge in [-0.3, -0.25) is 0 Å². The van der Waals surface area contributed by atoms with Gasteiger partial charge in [-0.1, -0.05) is 0 Å². The number of hydrogen-bond donors (Lipinski definition) is 2. The van der Waals surface area contributed by atoms with Gasteiger partial charge in [0.05, 0.1) is 19.3 Å². The third kappa shape index (κ3) is 1.33. The molecule has 3 nitrogen and oxygen atoms in total. The van der Waals surface area contributed by atoms with E-state index in [2.05, 4.69) is 4.74 Å². The zero-order valence-electron chi connectivity index (χ0n) is 6.54. The van der Waals surface area contributed by atoms with E-state index in [0.29, 0.717) is 0 Å². The number of phenols is 1. The maximum absolute atomic E-state index is 13.1. The molecule has 1 rings (SSSR count). The fraction of sp³-hybridized carbons (Fsp3) is 0.250. The Morgan fingerprint density at radius 1 is 1.50 bits per heavy atom. The van der Waals surface area contributed by atoms with Crippen LogP contribution in [0.15, 0.2) is 12.1 Å². The molecular weight excluding hydrogens is 163 g/mol. The first-order valence-electron chi connectivity index (χ1n) is 3.36. The summed E-state index contributed by atoms with van der Waals surface area (Å²) in [6.07, 6.45) is 0. The van der Waals surface area contributed by atoms with Crippen LogP contribution in [-0.2, 0) is 6.61 Å². The Bertz CT molecular complexity index is 286. The van der Waals surface area contributed by atoms with Crippen molar-refractivity contribution in [3.63, 3.8) is 0 Å². The minimum absolute atomic E-state index is 0.0110. The van der Waals surface area contributed by atoms with E-state index in [-0.39, 0.29) is 17.1 Å². The Morgan fingerprint density at radius 2 is 2.17 bits per heavy atom. The molecule has 0 fully saturated rings. The van der Waals surface area contributed by atoms with Crippen LogP contribution in [0.2, 0.25) is 0 Å². The average molecular weight is 172 g/mol. The number of aliphatic hydroxyl groups excluding tert-OH is 1. The molecule has 0 spiro atoms. The lowest BCUT2D eigenvalue weighted by molar-refractivity contribution is 0.265. The summed E-state index contributed by atoms with van der Waals surface area (Å²) in [4.78, 5) is 0. The van der Waals surface area contributed by atoms with Crippen LogP contribution in [0.4, 0.5) is 4.39 Å². The van der Waals surface area contributed by atoms with E-state index in [1.165, 1.54) is 19.2 Å². The molecule has 12 heavy (non-hydrogen) atoms. The SMILES string of the molecule is COc1ccc(O)c(CO)c1F. The second-order valence-corrected chi connectivity index (χ2v) is 2.24. The molecular formula is C8H9FO3. The van der Waals surface area contributed by atoms with Crippen molar-refractivity contribution in [2.24, 2.45) is 0 Å². The summed E-state index contributed by atoms with van der Waals surface area (Å²) in [7, 11) is 1.32. The Labute approximate surface area is 69.0 Å². The fourth-order valence-electron chi connectivity index (χ4n) is 0.898. The lowest BCUT2D eigenvalue weighted by Crippen LogP contribution is -1.95. The Morgan fingerprint density at radius 3 is 2.67 bits per heavy atom. The van der Waals surface area contributed by atoms with E-state index in [9.17, 15) is 4.39 Å². The van der Waals surface area contributed by atoms with Gasteiger partial charge in [0.25, 0.3) is 0 Å². The molecule has 0 radical (unpaired) electrons. The standard InChI is InChI=1S/C8H9FO3/c1-12-7-3-2-6(11)5(4-10)8(7)9/h2-3,10-11H,4H2,1H3. The summed E-state index contributed by atoms with van der Waals surface area (Å²) >= 11 is 0. The van der Waals surface area contributed by atoms with E-state index in [0.717, 1.165) is 0 Å². The monoisotopic (exact) mass is 172 g/mol. The zero-order valence-corrected chi connectivity index (χ0v) is 6.54. The average Bonchev–Trinajstić information content (AvgIpc) is 2.06. The van der Waals surface area contributed by atoms with Crippen LogP contribution in [0, 0.1) is 5.82 Å². The number of benzene rings is 1. The molecule has 0 bridgehead atoms. The largest absolute Gasteiger partial charge is 0.507 e. The Hall–Kier alpha value is -1.29. The third-order valence-corrected chi connectivity index (χ3v) is 1.56. The number of hydrogen-bond acceptors (Lipinski definition) is 3. The second kappa shape index (κ2) is 3.40. The van der Waals surface area contributed by atoms with Crippen LogP contribution >= 0.6 is 0 Å². The molecule has 1 aromatic carbocycles. The summed E-state index contributed by atoms with van der Waals surface area (Å²) in [5.74, 6) is -0.979. The zero-order chi connectivity index (χ0) is 9.14. The van der Waals surface area contributed by atoms with Crippen molar-refractivity contribution in [3.05, 3.63) is 23.5 Å². The Kier molecular flexibility index (Phi) is 2.50. The second-order valence-electron chi connectivity index (χ2n) is 2.24. The van der Waals surface area contributed by atoms with Crippen LogP contribution in [-0.4, -0.2) is 17.3 Å². The molecule has 0 unspecified atom stereocenters. The summed E-state index contributed by atoms with van der Waals surface area (Å²) in [6.45, 7) is -0.547. The molecule has 0 aliphatic heterocycles. The molecule has 4 heteroatoms. The van der Waals surface area contributed by atoms with Gasteiger partial charge in [0.1, 0.15) is 5.75 Å². The molecule has 0 aliphatic rings. The van der Waals surface area contributed by atoms with Gasteiger partial charge in [0, 0.05) is 0 Å². The highest BCUT2D eigenvalue weighted by Gasteiger charge is 2.11. The first-order valence-corrected chi connectivity index (χ1v) is 3.36. The van der Waals surface area contributed by atoms with Gasteiger partial charge in [-0.2, -0.15) is 0 Å².